The van der Waals surface area contributed by atoms with Crippen LogP contribution in [0, 0.1) is 5.92 Å². The molecule has 0 aliphatic carbocycles. The minimum absolute atomic E-state index is 0.264. The Morgan fingerprint density at radius 1 is 0.952 bits per heavy atom. The summed E-state index contributed by atoms with van der Waals surface area (Å²) in [5, 5.41) is 0. The molecule has 5 heteroatoms. The Balaban J connectivity index is 3.01. The molecule has 0 saturated carbocycles. The molecule has 1 rings (SSSR count). The highest BCUT2D eigenvalue weighted by atomic mass is 16.5. The van der Waals surface area contributed by atoms with E-state index >= 15 is 0 Å². The molecule has 0 unspecified atom stereocenters. The van der Waals surface area contributed by atoms with Crippen molar-refractivity contribution in [1.29, 1.82) is 0 Å². The van der Waals surface area contributed by atoms with Crippen molar-refractivity contribution in [2.75, 3.05) is 20.8 Å². The Bertz CT molecular complexity index is 457. The second-order valence-electron chi connectivity index (χ2n) is 4.72. The number of esters is 2. The minimum Gasteiger partial charge on any atom is -0.493 e. The van der Waals surface area contributed by atoms with E-state index in [9.17, 15) is 9.59 Å². The summed E-state index contributed by atoms with van der Waals surface area (Å²) in [6.07, 6.45) is 2.02. The summed E-state index contributed by atoms with van der Waals surface area (Å²) in [5.74, 6) is -0.139. The van der Waals surface area contributed by atoms with E-state index in [1.54, 1.807) is 12.1 Å². The fraction of sp³-hybridized carbons (Fsp3) is 0.500. The second-order valence-corrected chi connectivity index (χ2v) is 4.72. The van der Waals surface area contributed by atoms with E-state index in [-0.39, 0.29) is 11.1 Å². The van der Waals surface area contributed by atoms with Crippen LogP contribution in [0.2, 0.25) is 0 Å². The van der Waals surface area contributed by atoms with Gasteiger partial charge in [0.2, 0.25) is 0 Å². The van der Waals surface area contributed by atoms with Gasteiger partial charge in [-0.2, -0.15) is 0 Å². The molecule has 0 spiro atoms. The van der Waals surface area contributed by atoms with Crippen LogP contribution >= 0.6 is 0 Å². The average Bonchev–Trinajstić information content (AvgIpc) is 2.53. The van der Waals surface area contributed by atoms with Crippen LogP contribution in [0.1, 0.15) is 47.4 Å². The van der Waals surface area contributed by atoms with Gasteiger partial charge in [0.05, 0.1) is 32.0 Å². The van der Waals surface area contributed by atoms with Gasteiger partial charge in [-0.1, -0.05) is 26.7 Å². The van der Waals surface area contributed by atoms with Gasteiger partial charge in [-0.05, 0) is 24.1 Å². The normalized spacial score (nSPS) is 10.3. The molecule has 5 nitrogen and oxygen atoms in total. The lowest BCUT2D eigenvalue weighted by Gasteiger charge is -2.15. The highest BCUT2D eigenvalue weighted by Crippen LogP contribution is 2.20. The first-order chi connectivity index (χ1) is 10.0. The van der Waals surface area contributed by atoms with E-state index in [2.05, 4.69) is 23.3 Å². The molecular weight excluding hydrogens is 272 g/mol. The second kappa shape index (κ2) is 8.29. The number of carbonyl (C=O) groups excluding carboxylic acids is 2. The quantitative estimate of drug-likeness (QED) is 0.723. The zero-order chi connectivity index (χ0) is 15.8. The van der Waals surface area contributed by atoms with Crippen molar-refractivity contribution < 1.29 is 23.8 Å². The largest absolute Gasteiger partial charge is 0.493 e. The lowest BCUT2D eigenvalue weighted by Crippen LogP contribution is -2.12. The molecule has 0 aliphatic rings. The fourth-order valence-corrected chi connectivity index (χ4v) is 1.89. The number of hydrogen-bond donors (Lipinski definition) is 0. The van der Waals surface area contributed by atoms with Crippen molar-refractivity contribution in [2.45, 2.75) is 26.7 Å². The van der Waals surface area contributed by atoms with Crippen molar-refractivity contribution in [3.05, 3.63) is 29.3 Å². The number of methoxy groups -OCH3 is 2. The predicted molar refractivity (Wildman–Crippen MR) is 78.7 cm³/mol. The molecule has 0 amide bonds. The van der Waals surface area contributed by atoms with Crippen LogP contribution in [-0.4, -0.2) is 32.8 Å². The first kappa shape index (κ1) is 17.0. The number of ether oxygens (including phenoxy) is 3. The van der Waals surface area contributed by atoms with Gasteiger partial charge < -0.3 is 14.2 Å². The predicted octanol–water partition coefficient (Wildman–Crippen LogP) is 3.07. The summed E-state index contributed by atoms with van der Waals surface area (Å²) in [5.41, 5.74) is 0.528. The third kappa shape index (κ3) is 4.77. The van der Waals surface area contributed by atoms with E-state index in [1.165, 1.54) is 20.3 Å². The maximum Gasteiger partial charge on any atom is 0.338 e. The van der Waals surface area contributed by atoms with Gasteiger partial charge >= 0.3 is 11.9 Å². The van der Waals surface area contributed by atoms with Crippen molar-refractivity contribution in [1.82, 2.24) is 0 Å². The molecule has 0 aliphatic heterocycles. The highest BCUT2D eigenvalue weighted by molar-refractivity contribution is 5.96. The van der Waals surface area contributed by atoms with Crippen molar-refractivity contribution in [3.63, 3.8) is 0 Å². The number of hydrogen-bond acceptors (Lipinski definition) is 5. The molecule has 1 aromatic carbocycles. The summed E-state index contributed by atoms with van der Waals surface area (Å²) in [7, 11) is 2.58. The Hall–Kier alpha value is -2.04. The smallest absolute Gasteiger partial charge is 0.338 e. The molecule has 0 atom stereocenters. The first-order valence-corrected chi connectivity index (χ1v) is 7.00. The van der Waals surface area contributed by atoms with Gasteiger partial charge in [-0.15, -0.1) is 0 Å². The molecule has 0 bridgehead atoms. The molecular formula is C16H22O5. The van der Waals surface area contributed by atoms with Crippen LogP contribution in [0.5, 0.6) is 5.75 Å². The van der Waals surface area contributed by atoms with Crippen LogP contribution in [0.15, 0.2) is 18.2 Å². The molecule has 1 aromatic rings. The number of benzene rings is 1. The van der Waals surface area contributed by atoms with Crippen LogP contribution in [-0.2, 0) is 9.47 Å². The zero-order valence-corrected chi connectivity index (χ0v) is 13.0. The van der Waals surface area contributed by atoms with E-state index in [0.29, 0.717) is 18.3 Å². The summed E-state index contributed by atoms with van der Waals surface area (Å²) in [6.45, 7) is 4.74. The molecule has 0 saturated heterocycles. The minimum atomic E-state index is -0.520. The van der Waals surface area contributed by atoms with E-state index in [1.807, 2.05) is 0 Å². The molecule has 21 heavy (non-hydrogen) atoms. The standard InChI is InChI=1S/C16H22O5/c1-5-11(6-2)10-21-14-8-12(15(17)19-3)7-13(9-14)16(18)20-4/h7-9,11H,5-6,10H2,1-4H3. The van der Waals surface area contributed by atoms with Crippen LogP contribution in [0.3, 0.4) is 0 Å². The van der Waals surface area contributed by atoms with E-state index < -0.39 is 11.9 Å². The topological polar surface area (TPSA) is 61.8 Å². The Morgan fingerprint density at radius 3 is 1.81 bits per heavy atom. The maximum atomic E-state index is 11.6. The first-order valence-electron chi connectivity index (χ1n) is 7.00. The molecule has 0 aromatic heterocycles. The van der Waals surface area contributed by atoms with Crippen LogP contribution in [0.4, 0.5) is 0 Å². The zero-order valence-electron chi connectivity index (χ0n) is 13.0. The molecule has 0 heterocycles. The Kier molecular flexibility index (Phi) is 6.72. The third-order valence-electron chi connectivity index (χ3n) is 3.39. The Labute approximate surface area is 125 Å². The van der Waals surface area contributed by atoms with Crippen LogP contribution < -0.4 is 4.74 Å². The summed E-state index contributed by atoms with van der Waals surface area (Å²) < 4.78 is 15.1. The lowest BCUT2D eigenvalue weighted by atomic mass is 10.1. The summed E-state index contributed by atoms with van der Waals surface area (Å²) in [4.78, 5) is 23.3. The van der Waals surface area contributed by atoms with E-state index in [4.69, 9.17) is 4.74 Å². The Morgan fingerprint density at radius 2 is 1.43 bits per heavy atom. The van der Waals surface area contributed by atoms with E-state index in [0.717, 1.165) is 12.8 Å². The van der Waals surface area contributed by atoms with Gasteiger partial charge in [0.25, 0.3) is 0 Å². The van der Waals surface area contributed by atoms with Crippen LogP contribution in [0.25, 0.3) is 0 Å². The van der Waals surface area contributed by atoms with Gasteiger partial charge in [0.1, 0.15) is 5.75 Å². The summed E-state index contributed by atoms with van der Waals surface area (Å²) >= 11 is 0. The number of rotatable bonds is 7. The number of carbonyl (C=O) groups is 2. The lowest BCUT2D eigenvalue weighted by molar-refractivity contribution is 0.0598. The van der Waals surface area contributed by atoms with Crippen molar-refractivity contribution >= 4 is 11.9 Å². The molecule has 116 valence electrons. The van der Waals surface area contributed by atoms with Crippen molar-refractivity contribution in [2.24, 2.45) is 5.92 Å². The fourth-order valence-electron chi connectivity index (χ4n) is 1.89. The molecule has 0 N–H and O–H groups in total. The third-order valence-corrected chi connectivity index (χ3v) is 3.39. The van der Waals surface area contributed by atoms with Gasteiger partial charge in [-0.25, -0.2) is 9.59 Å². The highest BCUT2D eigenvalue weighted by Gasteiger charge is 2.15. The van der Waals surface area contributed by atoms with Gasteiger partial charge in [0, 0.05) is 0 Å². The van der Waals surface area contributed by atoms with Crippen molar-refractivity contribution in [3.8, 4) is 5.75 Å². The van der Waals surface area contributed by atoms with Gasteiger partial charge in [-0.3, -0.25) is 0 Å². The average molecular weight is 294 g/mol. The monoisotopic (exact) mass is 294 g/mol. The molecule has 0 radical (unpaired) electrons. The SMILES string of the molecule is CCC(CC)COc1cc(C(=O)OC)cc(C(=O)OC)c1. The van der Waals surface area contributed by atoms with Gasteiger partial charge in [0.15, 0.2) is 0 Å². The maximum absolute atomic E-state index is 11.6. The summed E-state index contributed by atoms with van der Waals surface area (Å²) in [6, 6.07) is 4.57. The molecule has 0 fully saturated rings.